The average molecular weight is 329 g/mol. The van der Waals surface area contributed by atoms with E-state index in [1.807, 2.05) is 33.8 Å². The summed E-state index contributed by atoms with van der Waals surface area (Å²) in [6.07, 6.45) is 3.42. The molecule has 0 amide bonds. The largest absolute Gasteiger partial charge is 0.313 e. The first-order valence-electron chi connectivity index (χ1n) is 7.63. The van der Waals surface area contributed by atoms with Gasteiger partial charge in [-0.2, -0.15) is 0 Å². The molecule has 2 rings (SSSR count). The number of thiazole rings is 1. The van der Waals surface area contributed by atoms with Gasteiger partial charge in [0.05, 0.1) is 9.20 Å². The Morgan fingerprint density at radius 1 is 1.09 bits per heavy atom. The number of hydrogen-bond donors (Lipinski definition) is 1. The first kappa shape index (κ1) is 17.4. The van der Waals surface area contributed by atoms with Crippen LogP contribution in [0.25, 0.3) is 12.2 Å². The van der Waals surface area contributed by atoms with Crippen LogP contribution in [0.3, 0.4) is 0 Å². The zero-order chi connectivity index (χ0) is 17.4. The highest BCUT2D eigenvalue weighted by Gasteiger charge is 2.18. The van der Waals surface area contributed by atoms with Crippen molar-refractivity contribution in [1.82, 2.24) is 4.98 Å². The molecule has 122 valence electrons. The Bertz CT molecular complexity index is 924. The molecule has 4 heteroatoms. The second-order valence-corrected chi connectivity index (χ2v) is 8.06. The topological polar surface area (TPSA) is 49.9 Å². The third-order valence-electron chi connectivity index (χ3n) is 3.85. The van der Waals surface area contributed by atoms with Gasteiger partial charge in [0.1, 0.15) is 0 Å². The van der Waals surface area contributed by atoms with Gasteiger partial charge < -0.3 is 4.98 Å². The summed E-state index contributed by atoms with van der Waals surface area (Å²) in [4.78, 5) is 27.0. The number of aryl methyl sites for hydroxylation is 3. The monoisotopic (exact) mass is 329 g/mol. The maximum Gasteiger partial charge on any atom is 0.266 e. The van der Waals surface area contributed by atoms with Gasteiger partial charge in [0.2, 0.25) is 0 Å². The van der Waals surface area contributed by atoms with E-state index in [-0.39, 0.29) is 11.3 Å². The number of Topliss-reactive ketones (excluding diaryl/α,β-unsaturated/α-hetero) is 1. The lowest BCUT2D eigenvalue weighted by Gasteiger charge is -2.12. The molecule has 0 bridgehead atoms. The molecule has 0 fully saturated rings. The molecule has 0 saturated carbocycles. The van der Waals surface area contributed by atoms with E-state index in [9.17, 15) is 9.59 Å². The molecule has 1 aromatic heterocycles. The Balaban J connectivity index is 2.55. The van der Waals surface area contributed by atoms with Gasteiger partial charge in [-0.3, -0.25) is 9.59 Å². The molecule has 1 aromatic carbocycles. The number of nitrogens with one attached hydrogen (secondary N) is 1. The van der Waals surface area contributed by atoms with Crippen LogP contribution in [-0.2, 0) is 4.79 Å². The van der Waals surface area contributed by atoms with Crippen molar-refractivity contribution in [2.24, 2.45) is 5.41 Å². The number of H-pyrrole nitrogens is 1. The third kappa shape index (κ3) is 4.08. The number of carbonyl (C=O) groups is 1. The van der Waals surface area contributed by atoms with Gasteiger partial charge in [0.25, 0.3) is 5.56 Å². The van der Waals surface area contributed by atoms with E-state index in [0.29, 0.717) is 9.20 Å². The van der Waals surface area contributed by atoms with Crippen molar-refractivity contribution in [3.05, 3.63) is 53.9 Å². The number of ketones is 1. The summed E-state index contributed by atoms with van der Waals surface area (Å²) in [6.45, 7) is 11.8. The number of aromatic nitrogens is 1. The maximum atomic E-state index is 12.1. The molecule has 1 heterocycles. The molecular formula is C19H23NO2S. The molecule has 0 radical (unpaired) electrons. The summed E-state index contributed by atoms with van der Waals surface area (Å²) in [5.74, 6) is 0.00362. The molecule has 0 spiro atoms. The summed E-state index contributed by atoms with van der Waals surface area (Å²) >= 11 is 1.32. The zero-order valence-electron chi connectivity index (χ0n) is 14.5. The standard InChI is InChI=1S/C19H23NO2S/c1-11-7-13(3)14(8-12(11)2)9-15-18(22)20-17(23-15)10-16(21)19(4,5)6/h7-10H,1-6H3,(H,20,22). The molecule has 1 N–H and O–H groups in total. The molecule has 0 unspecified atom stereocenters. The molecule has 2 aromatic rings. The van der Waals surface area contributed by atoms with E-state index in [1.165, 1.54) is 28.5 Å². The normalized spacial score (nSPS) is 13.7. The minimum Gasteiger partial charge on any atom is -0.313 e. The van der Waals surface area contributed by atoms with Gasteiger partial charge in [0, 0.05) is 11.5 Å². The van der Waals surface area contributed by atoms with Crippen LogP contribution in [0.15, 0.2) is 16.9 Å². The van der Waals surface area contributed by atoms with Crippen molar-refractivity contribution in [2.45, 2.75) is 41.5 Å². The van der Waals surface area contributed by atoms with Crippen LogP contribution in [0, 0.1) is 26.2 Å². The highest BCUT2D eigenvalue weighted by molar-refractivity contribution is 7.07. The van der Waals surface area contributed by atoms with Crippen LogP contribution in [0.4, 0.5) is 0 Å². The van der Waals surface area contributed by atoms with Crippen LogP contribution in [0.5, 0.6) is 0 Å². The highest BCUT2D eigenvalue weighted by atomic mass is 32.1. The molecule has 0 aliphatic heterocycles. The van der Waals surface area contributed by atoms with E-state index in [2.05, 4.69) is 31.0 Å². The molecule has 0 saturated heterocycles. The zero-order valence-corrected chi connectivity index (χ0v) is 15.4. The lowest BCUT2D eigenvalue weighted by molar-refractivity contribution is -0.119. The fourth-order valence-electron chi connectivity index (χ4n) is 2.14. The van der Waals surface area contributed by atoms with Gasteiger partial charge in [-0.1, -0.05) is 32.9 Å². The second-order valence-electron chi connectivity index (χ2n) is 6.98. The van der Waals surface area contributed by atoms with Crippen LogP contribution in [-0.4, -0.2) is 10.8 Å². The minimum atomic E-state index is -0.449. The Hall–Kier alpha value is -1.94. The fourth-order valence-corrected chi connectivity index (χ4v) is 3.02. The number of aromatic amines is 1. The van der Waals surface area contributed by atoms with Gasteiger partial charge >= 0.3 is 0 Å². The molecule has 3 nitrogen and oxygen atoms in total. The Labute approximate surface area is 140 Å². The first-order chi connectivity index (χ1) is 10.6. The van der Waals surface area contributed by atoms with Gasteiger partial charge in [0.15, 0.2) is 5.78 Å². The molecule has 0 atom stereocenters. The summed E-state index contributed by atoms with van der Waals surface area (Å²) in [6, 6.07) is 4.21. The predicted molar refractivity (Wildman–Crippen MR) is 97.3 cm³/mol. The quantitative estimate of drug-likeness (QED) is 0.921. The minimum absolute atomic E-state index is 0.00362. The van der Waals surface area contributed by atoms with E-state index < -0.39 is 5.41 Å². The van der Waals surface area contributed by atoms with Crippen LogP contribution < -0.4 is 14.8 Å². The molecule has 23 heavy (non-hydrogen) atoms. The van der Waals surface area contributed by atoms with E-state index in [1.54, 1.807) is 0 Å². The fraction of sp³-hybridized carbons (Fsp3) is 0.368. The van der Waals surface area contributed by atoms with E-state index in [0.717, 1.165) is 11.1 Å². The maximum absolute atomic E-state index is 12.1. The smallest absolute Gasteiger partial charge is 0.266 e. The number of hydrogen-bond acceptors (Lipinski definition) is 3. The average Bonchev–Trinajstić information content (AvgIpc) is 2.75. The van der Waals surface area contributed by atoms with Crippen LogP contribution in [0.1, 0.15) is 43.0 Å². The van der Waals surface area contributed by atoms with Crippen molar-refractivity contribution in [3.63, 3.8) is 0 Å². The lowest BCUT2D eigenvalue weighted by atomic mass is 9.91. The number of benzene rings is 1. The summed E-state index contributed by atoms with van der Waals surface area (Å²) in [5, 5.41) is 0. The van der Waals surface area contributed by atoms with E-state index >= 15 is 0 Å². The molecular weight excluding hydrogens is 306 g/mol. The van der Waals surface area contributed by atoms with Crippen LogP contribution in [0.2, 0.25) is 0 Å². The van der Waals surface area contributed by atoms with Crippen molar-refractivity contribution in [3.8, 4) is 0 Å². The third-order valence-corrected chi connectivity index (χ3v) is 4.81. The Kier molecular flexibility index (Phi) is 4.76. The van der Waals surface area contributed by atoms with Crippen molar-refractivity contribution >= 4 is 29.3 Å². The van der Waals surface area contributed by atoms with Gasteiger partial charge in [-0.25, -0.2) is 0 Å². The predicted octanol–water partition coefficient (Wildman–Crippen LogP) is 2.59. The van der Waals surface area contributed by atoms with Gasteiger partial charge in [-0.15, -0.1) is 11.3 Å². The van der Waals surface area contributed by atoms with Crippen LogP contribution >= 0.6 is 11.3 Å². The summed E-state index contributed by atoms with van der Waals surface area (Å²) in [7, 11) is 0. The molecule has 0 aliphatic carbocycles. The second kappa shape index (κ2) is 6.28. The summed E-state index contributed by atoms with van der Waals surface area (Å²) < 4.78 is 1.21. The van der Waals surface area contributed by atoms with Gasteiger partial charge in [-0.05, 0) is 49.1 Å². The molecule has 0 aliphatic rings. The Morgan fingerprint density at radius 3 is 2.30 bits per heavy atom. The SMILES string of the molecule is Cc1cc(C)c(C=c2sc(=CC(=O)C(C)(C)C)[nH]c2=O)cc1C. The summed E-state index contributed by atoms with van der Waals surface area (Å²) in [5.41, 5.74) is 4.01. The van der Waals surface area contributed by atoms with Crippen molar-refractivity contribution in [2.75, 3.05) is 0 Å². The van der Waals surface area contributed by atoms with E-state index in [4.69, 9.17) is 0 Å². The van der Waals surface area contributed by atoms with Crippen molar-refractivity contribution < 1.29 is 4.79 Å². The highest BCUT2D eigenvalue weighted by Crippen LogP contribution is 2.16. The first-order valence-corrected chi connectivity index (χ1v) is 8.44. The van der Waals surface area contributed by atoms with Crippen molar-refractivity contribution in [1.29, 1.82) is 0 Å². The number of carbonyl (C=O) groups excluding carboxylic acids is 1. The Morgan fingerprint density at radius 2 is 1.70 bits per heavy atom. The number of rotatable bonds is 2. The lowest BCUT2D eigenvalue weighted by Crippen LogP contribution is -2.22.